The smallest absolute Gasteiger partial charge is 0.331 e. The van der Waals surface area contributed by atoms with Gasteiger partial charge in [-0.2, -0.15) is 0 Å². The number of rotatable bonds is 16. The van der Waals surface area contributed by atoms with Crippen molar-refractivity contribution in [1.82, 2.24) is 0 Å². The molecule has 3 fully saturated rings. The fraction of sp³-hybridized carbons (Fsp3) is 1.00. The fourth-order valence-electron chi connectivity index (χ4n) is 4.08. The third-order valence-corrected chi connectivity index (χ3v) is 10.9. The van der Waals surface area contributed by atoms with Crippen LogP contribution in [0.2, 0.25) is 0 Å². The van der Waals surface area contributed by atoms with Crippen molar-refractivity contribution in [2.75, 3.05) is 38.9 Å². The molecule has 0 aromatic carbocycles. The molecule has 2 N–H and O–H groups in total. The maximum absolute atomic E-state index is 13.7. The van der Waals surface area contributed by atoms with E-state index in [-0.39, 0.29) is 65.8 Å². The highest BCUT2D eigenvalue weighted by atomic mass is 127. The zero-order valence-corrected chi connectivity index (χ0v) is 27.8. The number of alkyl halides is 3. The number of aliphatic hydroxyl groups excluding tert-OH is 2. The van der Waals surface area contributed by atoms with Crippen LogP contribution in [-0.4, -0.2) is 98.1 Å². The third-order valence-electron chi connectivity index (χ3n) is 5.98. The molecule has 0 aromatic heterocycles. The van der Waals surface area contributed by atoms with E-state index in [1.54, 1.807) is 0 Å². The van der Waals surface area contributed by atoms with Gasteiger partial charge in [0.2, 0.25) is 0 Å². The lowest BCUT2D eigenvalue weighted by Gasteiger charge is -2.26. The van der Waals surface area contributed by atoms with Crippen LogP contribution in [0.5, 0.6) is 0 Å². The normalized spacial score (nSPS) is 38.6. The van der Waals surface area contributed by atoms with Gasteiger partial charge in [-0.15, -0.1) is 0 Å². The molecule has 11 nitrogen and oxygen atoms in total. The highest BCUT2D eigenvalue weighted by Gasteiger charge is 2.42. The second-order valence-electron chi connectivity index (χ2n) is 8.74. The van der Waals surface area contributed by atoms with Crippen molar-refractivity contribution in [2.45, 2.75) is 81.1 Å². The van der Waals surface area contributed by atoms with Crippen molar-refractivity contribution in [1.29, 1.82) is 0 Å². The minimum absolute atomic E-state index is 0.00357. The van der Waals surface area contributed by atoms with E-state index in [1.165, 1.54) is 0 Å². The van der Waals surface area contributed by atoms with Crippen LogP contribution in [0.25, 0.3) is 0 Å². The lowest BCUT2D eigenvalue weighted by Crippen LogP contribution is -2.32. The Hall–Kier alpha value is 2.16. The van der Waals surface area contributed by atoms with Crippen molar-refractivity contribution in [3.63, 3.8) is 0 Å². The van der Waals surface area contributed by atoms with Crippen LogP contribution in [0.15, 0.2) is 0 Å². The zero-order valence-electron chi connectivity index (χ0n) is 19.6. The van der Waals surface area contributed by atoms with Gasteiger partial charge in [-0.1, -0.05) is 67.8 Å². The molecule has 0 bridgehead atoms. The Morgan fingerprint density at radius 1 is 0.917 bits per heavy atom. The monoisotopic (exact) mass is 892 g/mol. The number of ether oxygens (including phenoxy) is 5. The van der Waals surface area contributed by atoms with Gasteiger partial charge in [0, 0.05) is 25.4 Å². The Kier molecular flexibility index (Phi) is 15.0. The van der Waals surface area contributed by atoms with E-state index >= 15 is 0 Å². The molecule has 0 spiro atoms. The molecule has 0 aromatic rings. The lowest BCUT2D eigenvalue weighted by molar-refractivity contribution is -0.133. The molecule has 3 aliphatic heterocycles. The van der Waals surface area contributed by atoms with Crippen molar-refractivity contribution in [3.05, 3.63) is 0 Å². The van der Waals surface area contributed by atoms with E-state index in [4.69, 9.17) is 32.7 Å². The molecule has 36 heavy (non-hydrogen) atoms. The fourth-order valence-corrected chi connectivity index (χ4v) is 9.00. The van der Waals surface area contributed by atoms with Crippen LogP contribution >= 0.6 is 83.8 Å². The van der Waals surface area contributed by atoms with Crippen LogP contribution in [0, 0.1) is 0 Å². The Morgan fingerprint density at radius 3 is 2.25 bits per heavy atom. The van der Waals surface area contributed by atoms with Gasteiger partial charge in [-0.25, -0.2) is 0 Å². The van der Waals surface area contributed by atoms with Gasteiger partial charge in [0.25, 0.3) is 0 Å². The summed E-state index contributed by atoms with van der Waals surface area (Å²) < 4.78 is 64.6. The molecule has 3 rings (SSSR count). The topological polar surface area (TPSA) is 139 Å². The summed E-state index contributed by atoms with van der Waals surface area (Å²) in [6.45, 7) is -0.00213. The molecule has 0 aliphatic carbocycles. The van der Waals surface area contributed by atoms with Gasteiger partial charge < -0.3 is 42.9 Å². The highest BCUT2D eigenvalue weighted by molar-refractivity contribution is 14.1. The first-order valence-corrected chi connectivity index (χ1v) is 18.3. The molecule has 16 heteroatoms. The van der Waals surface area contributed by atoms with E-state index in [2.05, 4.69) is 67.8 Å². The van der Waals surface area contributed by atoms with Crippen molar-refractivity contribution >= 4 is 83.8 Å². The average molecular weight is 892 g/mol. The SMILES string of the molecule is O=PCCCCP(=O)(OC[C@H]1O[C@@H](I)C[C@H]1OCOC[C@H]1O[C@@H](I)C[C@H]1O)O[C@@H]1C[C@H](I)O[C@@H]1CO. The molecule has 1 unspecified atom stereocenters. The van der Waals surface area contributed by atoms with Crippen molar-refractivity contribution < 1.29 is 52.1 Å². The Bertz CT molecular complexity index is 726. The van der Waals surface area contributed by atoms with Gasteiger partial charge in [0.05, 0.1) is 44.3 Å². The van der Waals surface area contributed by atoms with Crippen molar-refractivity contribution in [2.24, 2.45) is 0 Å². The Morgan fingerprint density at radius 2 is 1.58 bits per heavy atom. The Balaban J connectivity index is 1.50. The highest BCUT2D eigenvalue weighted by Crippen LogP contribution is 2.53. The Labute approximate surface area is 253 Å². The van der Waals surface area contributed by atoms with Crippen LogP contribution in [0.3, 0.4) is 0 Å². The van der Waals surface area contributed by atoms with E-state index < -0.39 is 32.0 Å². The molecular weight excluding hydrogens is 859 g/mol. The molecule has 0 saturated carbocycles. The number of unbranched alkanes of at least 4 members (excludes halogenated alkanes) is 1. The van der Waals surface area contributed by atoms with E-state index in [9.17, 15) is 19.3 Å². The molecule has 210 valence electrons. The second kappa shape index (κ2) is 16.6. The summed E-state index contributed by atoms with van der Waals surface area (Å²) in [6.07, 6.45) is 0.639. The standard InChI is InChI=1S/C20H33I3O11P2/c21-18-5-12(25)16(32-18)9-28-11-29-13-6-19(22)33-17(13)10-30-36(27,4-2-1-3-35-26)34-14-7-20(23)31-15(14)8-24/h12-20,24-25H,1-11H2/t12-,13-,14-,15-,16-,17-,18-,19-,20-,36?/m1/s1. The first-order chi connectivity index (χ1) is 17.2. The van der Waals surface area contributed by atoms with Crippen LogP contribution in [0.1, 0.15) is 32.1 Å². The first kappa shape index (κ1) is 32.7. The largest absolute Gasteiger partial charge is 0.394 e. The summed E-state index contributed by atoms with van der Waals surface area (Å²) in [6, 6.07) is 0. The van der Waals surface area contributed by atoms with E-state index in [1.807, 2.05) is 0 Å². The summed E-state index contributed by atoms with van der Waals surface area (Å²) in [5, 5.41) is 19.6. The number of hydrogen-bond acceptors (Lipinski definition) is 11. The van der Waals surface area contributed by atoms with E-state index in [0.29, 0.717) is 38.3 Å². The van der Waals surface area contributed by atoms with Gasteiger partial charge in [-0.3, -0.25) is 9.13 Å². The first-order valence-electron chi connectivity index (χ1n) is 11.8. The minimum Gasteiger partial charge on any atom is -0.394 e. The summed E-state index contributed by atoms with van der Waals surface area (Å²) in [5.41, 5.74) is 0. The van der Waals surface area contributed by atoms with Crippen molar-refractivity contribution in [3.8, 4) is 0 Å². The van der Waals surface area contributed by atoms with Crippen LogP contribution in [-0.2, 0) is 41.9 Å². The van der Waals surface area contributed by atoms with Gasteiger partial charge in [0.15, 0.2) is 8.46 Å². The molecule has 10 atom stereocenters. The average Bonchev–Trinajstić information content (AvgIpc) is 3.48. The summed E-state index contributed by atoms with van der Waals surface area (Å²) >= 11 is 6.43. The van der Waals surface area contributed by atoms with Crippen LogP contribution < -0.4 is 0 Å². The molecule has 0 radical (unpaired) electrons. The molecular formula is C20H33I3O11P2. The third kappa shape index (κ3) is 10.5. The van der Waals surface area contributed by atoms with E-state index in [0.717, 1.165) is 0 Å². The maximum atomic E-state index is 13.7. The second-order valence-corrected chi connectivity index (χ2v) is 15.7. The summed E-state index contributed by atoms with van der Waals surface area (Å²) in [5.74, 6) is 0. The molecule has 3 heterocycles. The number of halogens is 3. The summed E-state index contributed by atoms with van der Waals surface area (Å²) in [7, 11) is -3.51. The summed E-state index contributed by atoms with van der Waals surface area (Å²) in [4.78, 5) is 0. The zero-order chi connectivity index (χ0) is 26.1. The number of aliphatic hydroxyl groups is 2. The quantitative estimate of drug-likeness (QED) is 0.0765. The number of hydrogen-bond donors (Lipinski definition) is 2. The predicted molar refractivity (Wildman–Crippen MR) is 156 cm³/mol. The maximum Gasteiger partial charge on any atom is 0.331 e. The molecule has 3 saturated heterocycles. The molecule has 0 amide bonds. The van der Waals surface area contributed by atoms with Gasteiger partial charge in [0.1, 0.15) is 37.4 Å². The minimum atomic E-state index is -3.56. The lowest BCUT2D eigenvalue weighted by atomic mass is 10.2. The predicted octanol–water partition coefficient (Wildman–Crippen LogP) is 4.02. The molecule has 3 aliphatic rings. The van der Waals surface area contributed by atoms with Gasteiger partial charge >= 0.3 is 7.60 Å². The van der Waals surface area contributed by atoms with Gasteiger partial charge in [-0.05, 0) is 12.8 Å². The van der Waals surface area contributed by atoms with Crippen LogP contribution in [0.4, 0.5) is 0 Å².